The molecule has 106 heavy (non-hydrogen) atoms. The van der Waals surface area contributed by atoms with E-state index in [2.05, 4.69) is 245 Å². The van der Waals surface area contributed by atoms with Crippen molar-refractivity contribution in [2.75, 3.05) is 39.6 Å². The van der Waals surface area contributed by atoms with Gasteiger partial charge in [-0.05, 0) is 317 Å². The Morgan fingerprint density at radius 1 is 0.274 bits per heavy atom. The first-order valence-electron chi connectivity index (χ1n) is 41.3. The van der Waals surface area contributed by atoms with Gasteiger partial charge in [0.1, 0.15) is 0 Å². The highest BCUT2D eigenvalue weighted by atomic mass is 16.5. The van der Waals surface area contributed by atoms with Gasteiger partial charge in [0.25, 0.3) is 0 Å². The van der Waals surface area contributed by atoms with Gasteiger partial charge < -0.3 is 14.2 Å². The van der Waals surface area contributed by atoms with Crippen LogP contribution in [0.2, 0.25) is 0 Å². The van der Waals surface area contributed by atoms with Crippen LogP contribution in [0.3, 0.4) is 0 Å². The van der Waals surface area contributed by atoms with Gasteiger partial charge in [-0.3, -0.25) is 4.98 Å². The molecule has 0 atom stereocenters. The molecule has 0 spiro atoms. The van der Waals surface area contributed by atoms with Crippen molar-refractivity contribution in [3.05, 3.63) is 232 Å². The number of ether oxygens (including phenoxy) is 3. The monoisotopic (exact) mass is 1400 g/mol. The van der Waals surface area contributed by atoms with Crippen LogP contribution < -0.4 is 0 Å². The molecule has 7 aliphatic rings. The van der Waals surface area contributed by atoms with Crippen LogP contribution in [0.1, 0.15) is 221 Å². The van der Waals surface area contributed by atoms with Crippen LogP contribution in [-0.2, 0) is 76.4 Å². The molecule has 0 fully saturated rings. The van der Waals surface area contributed by atoms with Crippen LogP contribution in [0.4, 0.5) is 0 Å². The molecule has 0 saturated carbocycles. The lowest BCUT2D eigenvalue weighted by Gasteiger charge is -2.29. The lowest BCUT2D eigenvalue weighted by molar-refractivity contribution is 0.0139. The molecule has 4 heteroatoms. The number of aromatic nitrogens is 1. The zero-order valence-corrected chi connectivity index (χ0v) is 65.9. The number of fused-ring (bicyclic) bond motifs is 23. The molecule has 0 N–H and O–H groups in total. The molecule has 10 aromatic carbocycles. The van der Waals surface area contributed by atoms with Crippen molar-refractivity contribution in [1.82, 2.24) is 4.98 Å². The minimum absolute atomic E-state index is 0.0994. The Kier molecular flexibility index (Phi) is 22.0. The fraction of sp³-hybridized carbons (Fsp3) is 0.422. The molecule has 0 radical (unpaired) electrons. The molecule has 548 valence electrons. The molecule has 18 rings (SSSR count). The molecule has 8 bridgehead atoms. The number of pyridine rings is 1. The molecule has 0 amide bonds. The molecule has 0 unspecified atom stereocenters. The summed E-state index contributed by atoms with van der Waals surface area (Å²) >= 11 is 0. The second-order valence-electron chi connectivity index (χ2n) is 35.6. The van der Waals surface area contributed by atoms with Crippen LogP contribution in [0.25, 0.3) is 110 Å². The Labute approximate surface area is 635 Å². The molecule has 4 heterocycles. The number of rotatable bonds is 1. The van der Waals surface area contributed by atoms with E-state index in [1.54, 1.807) is 22.3 Å². The highest BCUT2D eigenvalue weighted by Crippen LogP contribution is 2.57. The Morgan fingerprint density at radius 3 is 1.08 bits per heavy atom. The number of hydrogen-bond acceptors (Lipinski definition) is 4. The largest absolute Gasteiger partial charge is 0.379 e. The van der Waals surface area contributed by atoms with Gasteiger partial charge in [0.2, 0.25) is 0 Å². The first-order chi connectivity index (χ1) is 51.4. The van der Waals surface area contributed by atoms with E-state index in [4.69, 9.17) is 19.2 Å². The van der Waals surface area contributed by atoms with Gasteiger partial charge in [-0.25, -0.2) is 0 Å². The Bertz CT molecular complexity index is 4750. The molecule has 4 nitrogen and oxygen atoms in total. The van der Waals surface area contributed by atoms with Crippen LogP contribution in [0, 0.1) is 10.8 Å². The number of aryl methyl sites for hydroxylation is 8. The van der Waals surface area contributed by atoms with Crippen LogP contribution >= 0.6 is 0 Å². The third-order valence-corrected chi connectivity index (χ3v) is 24.7. The topological polar surface area (TPSA) is 40.6 Å². The van der Waals surface area contributed by atoms with E-state index < -0.39 is 0 Å². The summed E-state index contributed by atoms with van der Waals surface area (Å²) in [6.45, 7) is 28.4. The van der Waals surface area contributed by atoms with Crippen molar-refractivity contribution < 1.29 is 14.2 Å². The van der Waals surface area contributed by atoms with E-state index in [1.165, 1.54) is 240 Å². The minimum atomic E-state index is 0.0994. The maximum atomic E-state index is 5.84. The first-order valence-corrected chi connectivity index (χ1v) is 41.3. The molecule has 3 aliphatic heterocycles. The van der Waals surface area contributed by atoms with Gasteiger partial charge in [-0.2, -0.15) is 0 Å². The van der Waals surface area contributed by atoms with E-state index >= 15 is 0 Å². The quantitative estimate of drug-likeness (QED) is 0.164. The second-order valence-corrected chi connectivity index (χ2v) is 35.6. The summed E-state index contributed by atoms with van der Waals surface area (Å²) in [5, 5.41) is 8.63. The van der Waals surface area contributed by atoms with Gasteiger partial charge in [-0.1, -0.05) is 252 Å². The first kappa shape index (κ1) is 73.5. The third kappa shape index (κ3) is 15.6. The van der Waals surface area contributed by atoms with Crippen molar-refractivity contribution in [2.45, 2.75) is 228 Å². The zero-order chi connectivity index (χ0) is 73.2. The summed E-state index contributed by atoms with van der Waals surface area (Å²) < 4.78 is 17.3. The average molecular weight is 1410 g/mol. The van der Waals surface area contributed by atoms with Crippen molar-refractivity contribution >= 4 is 32.3 Å². The predicted octanol–water partition coefficient (Wildman–Crippen LogP) is 27.2. The molecule has 0 saturated heterocycles. The summed E-state index contributed by atoms with van der Waals surface area (Å²) in [6.07, 6.45) is 27.7. The van der Waals surface area contributed by atoms with E-state index in [0.717, 1.165) is 64.6 Å². The van der Waals surface area contributed by atoms with Gasteiger partial charge in [0.15, 0.2) is 0 Å². The van der Waals surface area contributed by atoms with E-state index in [0.29, 0.717) is 37.3 Å². The summed E-state index contributed by atoms with van der Waals surface area (Å²) in [5.41, 5.74) is 35.9. The van der Waals surface area contributed by atoms with Crippen LogP contribution in [0.15, 0.2) is 176 Å². The van der Waals surface area contributed by atoms with Gasteiger partial charge in [0, 0.05) is 24.6 Å². The minimum Gasteiger partial charge on any atom is -0.379 e. The maximum Gasteiger partial charge on any atom is 0.0701 e. The fourth-order valence-electron chi connectivity index (χ4n) is 19.2. The smallest absolute Gasteiger partial charge is 0.0701 e. The van der Waals surface area contributed by atoms with Gasteiger partial charge in [-0.15, -0.1) is 0 Å². The lowest BCUT2D eigenvalue weighted by Crippen LogP contribution is -2.17. The van der Waals surface area contributed by atoms with Crippen LogP contribution in [-0.4, -0.2) is 44.6 Å². The molecule has 4 aliphatic carbocycles. The standard InChI is InChI=1S/C41H58.C32H32O3.C29H27N/c1-38(2,3)32-22-20-30-34-28-16-11-13-24-40(7,8)26-15-27-41(9,10)25-14-12-17-29(19-18-28)35(34)31-21-23-33(39(4,5)6)37(32)36(30)31;1-2-7-23(8-3-1)26-15-16-29-31-25-10-6-18-34-20-22-35-21-19-33-17-5-9-24(13-14-25)30(31)28-12-4-11-27(26)32(28)29;1-3-12-23-14-7-15-24(30-23)13-4-2-9-22-19-18-21(8-1)28-25-16-5-10-20-11-6-17-26(27(20)25)29(22)28/h18-23H,11-17,24-27H2,1-10H3;1-4,7-8,11-16H,5-6,9-10,17-22H2;5-7,10-11,14-19H,1-4,8-9,12-13H2. The fourth-order valence-corrected chi connectivity index (χ4v) is 19.2. The highest BCUT2D eigenvalue weighted by molar-refractivity contribution is 6.21. The lowest BCUT2D eigenvalue weighted by atomic mass is 9.76. The van der Waals surface area contributed by atoms with Crippen molar-refractivity contribution in [3.8, 4) is 77.9 Å². The Balaban J connectivity index is 0.000000129. The molecule has 11 aromatic rings. The summed E-state index contributed by atoms with van der Waals surface area (Å²) in [7, 11) is 0. The van der Waals surface area contributed by atoms with Crippen molar-refractivity contribution in [1.29, 1.82) is 0 Å². The van der Waals surface area contributed by atoms with E-state index in [-0.39, 0.29) is 10.8 Å². The number of nitrogens with zero attached hydrogens (tertiary/aromatic N) is 1. The summed E-state index contributed by atoms with van der Waals surface area (Å²) in [5.74, 6) is 0. The molecular weight excluding hydrogens is 1290 g/mol. The SMILES string of the molecule is CC1(C)CCCCc2ccc(c3c2-c2ccc(C(C)(C)C)c4c(C(C)(C)C)ccc-3c24)CCCCC(C)(C)CCC1.c1cc2nc(c1)CCCCc1ccc(c3c1-c1cccc4cccc-3c14)CCCC2.c1ccc(-c2ccc3c4c(cccc24)-c2c4ccc(c2-3)CCCOCCOCCOCCC4)cc1. The third-order valence-electron chi connectivity index (χ3n) is 24.7. The van der Waals surface area contributed by atoms with Gasteiger partial charge >= 0.3 is 0 Å². The summed E-state index contributed by atoms with van der Waals surface area (Å²) in [6, 6.07) is 67.1. The second kappa shape index (κ2) is 31.7. The van der Waals surface area contributed by atoms with Crippen molar-refractivity contribution in [2.24, 2.45) is 10.8 Å². The zero-order valence-electron chi connectivity index (χ0n) is 65.9. The molecule has 1 aromatic heterocycles. The normalized spacial score (nSPS) is 17.6. The van der Waals surface area contributed by atoms with Crippen molar-refractivity contribution in [3.63, 3.8) is 0 Å². The Morgan fingerprint density at radius 2 is 0.623 bits per heavy atom. The average Bonchev–Trinajstić information content (AvgIpc) is 1.54. The van der Waals surface area contributed by atoms with Gasteiger partial charge in [0.05, 0.1) is 26.4 Å². The molecular formula is C102H117NO3. The van der Waals surface area contributed by atoms with E-state index in [9.17, 15) is 0 Å². The number of benzene rings is 10. The summed E-state index contributed by atoms with van der Waals surface area (Å²) in [4.78, 5) is 4.91. The predicted molar refractivity (Wildman–Crippen MR) is 451 cm³/mol. The highest BCUT2D eigenvalue weighted by Gasteiger charge is 2.35. The van der Waals surface area contributed by atoms with E-state index in [1.807, 2.05) is 0 Å². The Hall–Kier alpha value is -7.99. The van der Waals surface area contributed by atoms with Crippen LogP contribution in [0.5, 0.6) is 0 Å². The number of hydrogen-bond donors (Lipinski definition) is 0. The maximum absolute atomic E-state index is 5.84.